The van der Waals surface area contributed by atoms with Crippen LogP contribution in [-0.4, -0.2) is 6.29 Å². The minimum Gasteiger partial charge on any atom is -0.298 e. The average Bonchev–Trinajstić information content (AvgIpc) is 2.33. The molecule has 9 heavy (non-hydrogen) atoms. The average molecular weight is 161 g/mol. The fourth-order valence-corrected chi connectivity index (χ4v) is 1.60. The summed E-state index contributed by atoms with van der Waals surface area (Å²) >= 11 is 7.01. The van der Waals surface area contributed by atoms with Gasteiger partial charge in [0.25, 0.3) is 0 Å². The van der Waals surface area contributed by atoms with E-state index in [1.165, 1.54) is 11.3 Å². The maximum Gasteiger partial charge on any atom is 0.151 e. The first-order chi connectivity index (χ1) is 4.38. The van der Waals surface area contributed by atoms with Gasteiger partial charge in [-0.3, -0.25) is 4.79 Å². The van der Waals surface area contributed by atoms with E-state index in [0.717, 1.165) is 16.7 Å². The smallest absolute Gasteiger partial charge is 0.151 e. The fraction of sp³-hybridized carbons (Fsp3) is 0.167. The van der Waals surface area contributed by atoms with E-state index in [1.54, 1.807) is 6.07 Å². The van der Waals surface area contributed by atoms with E-state index in [-0.39, 0.29) is 0 Å². The lowest BCUT2D eigenvalue weighted by molar-refractivity contribution is 0.112. The van der Waals surface area contributed by atoms with Crippen molar-refractivity contribution in [2.45, 2.75) is 5.88 Å². The quantitative estimate of drug-likeness (QED) is 0.479. The normalized spacial score (nSPS) is 9.44. The summed E-state index contributed by atoms with van der Waals surface area (Å²) in [5, 5.41) is 1.86. The lowest BCUT2D eigenvalue weighted by Crippen LogP contribution is -1.78. The molecule has 0 spiro atoms. The van der Waals surface area contributed by atoms with E-state index in [1.807, 2.05) is 5.38 Å². The van der Waals surface area contributed by atoms with Gasteiger partial charge in [0.15, 0.2) is 6.29 Å². The molecule has 3 heteroatoms. The molecule has 1 aromatic rings. The monoisotopic (exact) mass is 160 g/mol. The van der Waals surface area contributed by atoms with Crippen LogP contribution in [0.5, 0.6) is 0 Å². The Morgan fingerprint density at radius 1 is 1.78 bits per heavy atom. The first-order valence-corrected chi connectivity index (χ1v) is 3.87. The van der Waals surface area contributed by atoms with Gasteiger partial charge in [0.1, 0.15) is 0 Å². The summed E-state index contributed by atoms with van der Waals surface area (Å²) in [4.78, 5) is 11.1. The van der Waals surface area contributed by atoms with Crippen molar-refractivity contribution in [2.75, 3.05) is 0 Å². The molecule has 0 saturated carbocycles. The van der Waals surface area contributed by atoms with Gasteiger partial charge in [-0.2, -0.15) is 0 Å². The van der Waals surface area contributed by atoms with Gasteiger partial charge < -0.3 is 0 Å². The minimum absolute atomic E-state index is 0.436. The van der Waals surface area contributed by atoms with Gasteiger partial charge in [0.05, 0.1) is 5.88 Å². The van der Waals surface area contributed by atoms with E-state index >= 15 is 0 Å². The van der Waals surface area contributed by atoms with Gasteiger partial charge in [-0.25, -0.2) is 0 Å². The SMILES string of the molecule is O=Cc1ccsc1CCl. The van der Waals surface area contributed by atoms with E-state index in [0.29, 0.717) is 5.88 Å². The highest BCUT2D eigenvalue weighted by Gasteiger charge is 1.98. The van der Waals surface area contributed by atoms with Crippen LogP contribution in [0.2, 0.25) is 0 Å². The lowest BCUT2D eigenvalue weighted by Gasteiger charge is -1.85. The van der Waals surface area contributed by atoms with E-state index in [9.17, 15) is 4.79 Å². The van der Waals surface area contributed by atoms with Crippen molar-refractivity contribution >= 4 is 29.2 Å². The van der Waals surface area contributed by atoms with Gasteiger partial charge in [-0.1, -0.05) is 0 Å². The van der Waals surface area contributed by atoms with Gasteiger partial charge in [-0.15, -0.1) is 22.9 Å². The Morgan fingerprint density at radius 2 is 2.56 bits per heavy atom. The Hall–Kier alpha value is -0.340. The molecule has 0 aliphatic heterocycles. The number of alkyl halides is 1. The number of aldehydes is 1. The summed E-state index contributed by atoms with van der Waals surface area (Å²) in [6, 6.07) is 1.77. The van der Waals surface area contributed by atoms with Gasteiger partial charge in [0, 0.05) is 10.4 Å². The fourth-order valence-electron chi connectivity index (χ4n) is 0.564. The van der Waals surface area contributed by atoms with Crippen LogP contribution in [0.4, 0.5) is 0 Å². The van der Waals surface area contributed by atoms with E-state index < -0.39 is 0 Å². The molecule has 1 rings (SSSR count). The Bertz CT molecular complexity index is 207. The van der Waals surface area contributed by atoms with Crippen molar-refractivity contribution < 1.29 is 4.79 Å². The molecule has 0 fully saturated rings. The summed E-state index contributed by atoms with van der Waals surface area (Å²) in [6.45, 7) is 0. The highest BCUT2D eigenvalue weighted by molar-refractivity contribution is 7.10. The van der Waals surface area contributed by atoms with Gasteiger partial charge in [0.2, 0.25) is 0 Å². The van der Waals surface area contributed by atoms with Crippen LogP contribution in [0.1, 0.15) is 15.2 Å². The standard InChI is InChI=1S/C6H5ClOS/c7-3-6-5(4-8)1-2-9-6/h1-2,4H,3H2. The summed E-state index contributed by atoms with van der Waals surface area (Å²) in [6.07, 6.45) is 0.828. The van der Waals surface area contributed by atoms with Crippen LogP contribution in [0, 0.1) is 0 Å². The zero-order chi connectivity index (χ0) is 6.69. The molecule has 0 aliphatic carbocycles. The van der Waals surface area contributed by atoms with Crippen LogP contribution < -0.4 is 0 Å². The Kier molecular flexibility index (Phi) is 2.25. The molecule has 0 saturated heterocycles. The third kappa shape index (κ3) is 1.32. The molecule has 0 unspecified atom stereocenters. The van der Waals surface area contributed by atoms with Crippen molar-refractivity contribution in [2.24, 2.45) is 0 Å². The predicted molar refractivity (Wildman–Crippen MR) is 39.3 cm³/mol. The first-order valence-electron chi connectivity index (χ1n) is 2.46. The molecule has 0 radical (unpaired) electrons. The minimum atomic E-state index is 0.436. The van der Waals surface area contributed by atoms with Crippen LogP contribution in [0.3, 0.4) is 0 Å². The summed E-state index contributed by atoms with van der Waals surface area (Å²) < 4.78 is 0. The molecule has 0 N–H and O–H groups in total. The lowest BCUT2D eigenvalue weighted by atomic mass is 10.3. The van der Waals surface area contributed by atoms with Crippen LogP contribution in [0.25, 0.3) is 0 Å². The molecular weight excluding hydrogens is 156 g/mol. The van der Waals surface area contributed by atoms with Crippen molar-refractivity contribution in [3.63, 3.8) is 0 Å². The van der Waals surface area contributed by atoms with Crippen molar-refractivity contribution in [1.29, 1.82) is 0 Å². The Balaban J connectivity index is 2.98. The molecule has 0 aliphatic rings. The van der Waals surface area contributed by atoms with Crippen LogP contribution in [0.15, 0.2) is 11.4 Å². The summed E-state index contributed by atoms with van der Waals surface area (Å²) in [5.41, 5.74) is 0.718. The number of hydrogen-bond acceptors (Lipinski definition) is 2. The molecule has 0 bridgehead atoms. The van der Waals surface area contributed by atoms with Gasteiger partial charge in [-0.05, 0) is 11.4 Å². The first kappa shape index (κ1) is 6.78. The number of hydrogen-bond donors (Lipinski definition) is 0. The molecule has 0 atom stereocenters. The largest absolute Gasteiger partial charge is 0.298 e. The van der Waals surface area contributed by atoms with Crippen molar-refractivity contribution in [3.8, 4) is 0 Å². The maximum absolute atomic E-state index is 10.2. The van der Waals surface area contributed by atoms with Crippen LogP contribution in [-0.2, 0) is 5.88 Å². The molecule has 48 valence electrons. The zero-order valence-corrected chi connectivity index (χ0v) is 6.21. The number of thiophene rings is 1. The molecular formula is C6H5ClOS. The Morgan fingerprint density at radius 3 is 3.00 bits per heavy atom. The van der Waals surface area contributed by atoms with Crippen molar-refractivity contribution in [3.05, 3.63) is 21.9 Å². The van der Waals surface area contributed by atoms with Crippen LogP contribution >= 0.6 is 22.9 Å². The predicted octanol–water partition coefficient (Wildman–Crippen LogP) is 2.30. The highest BCUT2D eigenvalue weighted by atomic mass is 35.5. The van der Waals surface area contributed by atoms with E-state index in [4.69, 9.17) is 11.6 Å². The van der Waals surface area contributed by atoms with Gasteiger partial charge >= 0.3 is 0 Å². The number of halogens is 1. The molecule has 0 aromatic carbocycles. The second-order valence-electron chi connectivity index (χ2n) is 1.55. The number of rotatable bonds is 2. The Labute approximate surface area is 62.3 Å². The third-order valence-electron chi connectivity index (χ3n) is 1.03. The summed E-state index contributed by atoms with van der Waals surface area (Å²) in [7, 11) is 0. The van der Waals surface area contributed by atoms with Crippen molar-refractivity contribution in [1.82, 2.24) is 0 Å². The number of carbonyl (C=O) groups excluding carboxylic acids is 1. The summed E-state index contributed by atoms with van der Waals surface area (Å²) in [5.74, 6) is 0.436. The third-order valence-corrected chi connectivity index (χ3v) is 2.39. The number of carbonyl (C=O) groups is 1. The van der Waals surface area contributed by atoms with E-state index in [2.05, 4.69) is 0 Å². The molecule has 0 amide bonds. The molecule has 1 heterocycles. The second-order valence-corrected chi connectivity index (χ2v) is 2.82. The second kappa shape index (κ2) is 2.99. The topological polar surface area (TPSA) is 17.1 Å². The molecule has 1 aromatic heterocycles. The maximum atomic E-state index is 10.2. The zero-order valence-electron chi connectivity index (χ0n) is 4.63. The molecule has 1 nitrogen and oxygen atoms in total. The highest BCUT2D eigenvalue weighted by Crippen LogP contribution is 2.16.